The van der Waals surface area contributed by atoms with Gasteiger partial charge in [-0.1, -0.05) is 6.07 Å². The molecule has 0 spiro atoms. The van der Waals surface area contributed by atoms with Gasteiger partial charge in [-0.3, -0.25) is 0 Å². The molecule has 2 aromatic rings. The number of nitrogens with zero attached hydrogens (tertiary/aromatic N) is 1. The summed E-state index contributed by atoms with van der Waals surface area (Å²) in [5.41, 5.74) is 1.54. The minimum absolute atomic E-state index is 0.0539. The van der Waals surface area contributed by atoms with Crippen LogP contribution in [0.3, 0.4) is 0 Å². The predicted octanol–water partition coefficient (Wildman–Crippen LogP) is 2.25. The van der Waals surface area contributed by atoms with E-state index >= 15 is 0 Å². The molecule has 0 amide bonds. The third-order valence-corrected chi connectivity index (χ3v) is 2.43. The summed E-state index contributed by atoms with van der Waals surface area (Å²) in [5.74, 6) is -0.313. The highest BCUT2D eigenvalue weighted by molar-refractivity contribution is 5.94. The van der Waals surface area contributed by atoms with Gasteiger partial charge in [0.25, 0.3) is 0 Å². The van der Waals surface area contributed by atoms with Crippen molar-refractivity contribution in [2.45, 2.75) is 6.92 Å². The highest BCUT2D eigenvalue weighted by atomic mass is 16.5. The van der Waals surface area contributed by atoms with Crippen LogP contribution in [0.5, 0.6) is 5.75 Å². The van der Waals surface area contributed by atoms with Gasteiger partial charge < -0.3 is 9.84 Å². The van der Waals surface area contributed by atoms with Gasteiger partial charge in [0.05, 0.1) is 12.6 Å². The Morgan fingerprint density at radius 1 is 1.44 bits per heavy atom. The van der Waals surface area contributed by atoms with Gasteiger partial charge in [0.2, 0.25) is 0 Å². The second-order valence-electron chi connectivity index (χ2n) is 3.48. The number of hydrogen-bond donors (Lipinski definition) is 1. The smallest absolute Gasteiger partial charge is 0.354 e. The molecule has 0 saturated heterocycles. The average molecular weight is 217 g/mol. The molecular weight excluding hydrogens is 206 g/mol. The molecule has 2 rings (SSSR count). The molecule has 0 unspecified atom stereocenters. The van der Waals surface area contributed by atoms with Crippen LogP contribution in [-0.4, -0.2) is 23.2 Å². The summed E-state index contributed by atoms with van der Waals surface area (Å²) in [4.78, 5) is 14.9. The van der Waals surface area contributed by atoms with E-state index in [1.807, 2.05) is 13.0 Å². The molecule has 82 valence electrons. The van der Waals surface area contributed by atoms with Gasteiger partial charge in [0.1, 0.15) is 11.4 Å². The number of aryl methyl sites for hydroxylation is 1. The van der Waals surface area contributed by atoms with E-state index in [4.69, 9.17) is 9.84 Å². The van der Waals surface area contributed by atoms with Crippen LogP contribution in [-0.2, 0) is 0 Å². The number of fused-ring (bicyclic) bond motifs is 1. The fourth-order valence-corrected chi connectivity index (χ4v) is 1.73. The van der Waals surface area contributed by atoms with Gasteiger partial charge in [0, 0.05) is 5.39 Å². The summed E-state index contributed by atoms with van der Waals surface area (Å²) in [6, 6.07) is 6.95. The van der Waals surface area contributed by atoms with Crippen molar-refractivity contribution in [2.24, 2.45) is 0 Å². The molecular formula is C12H11NO3. The van der Waals surface area contributed by atoms with Gasteiger partial charge in [-0.25, -0.2) is 9.78 Å². The van der Waals surface area contributed by atoms with E-state index in [1.54, 1.807) is 25.3 Å². The van der Waals surface area contributed by atoms with Crippen LogP contribution in [0.15, 0.2) is 24.3 Å². The molecule has 0 aliphatic rings. The first-order valence-corrected chi connectivity index (χ1v) is 4.81. The first-order valence-electron chi connectivity index (χ1n) is 4.81. The molecule has 4 nitrogen and oxygen atoms in total. The fraction of sp³-hybridized carbons (Fsp3) is 0.167. The Balaban J connectivity index is 2.80. The molecule has 0 radical (unpaired) electrons. The van der Waals surface area contributed by atoms with Crippen LogP contribution in [0, 0.1) is 6.92 Å². The zero-order chi connectivity index (χ0) is 11.7. The maximum atomic E-state index is 10.9. The van der Waals surface area contributed by atoms with Crippen molar-refractivity contribution in [3.05, 3.63) is 35.5 Å². The topological polar surface area (TPSA) is 59.4 Å². The molecule has 4 heteroatoms. The molecule has 0 aliphatic carbocycles. The number of aromatic nitrogens is 1. The van der Waals surface area contributed by atoms with Gasteiger partial charge in [0.15, 0.2) is 0 Å². The number of carbonyl (C=O) groups is 1. The van der Waals surface area contributed by atoms with Crippen LogP contribution < -0.4 is 4.74 Å². The molecule has 16 heavy (non-hydrogen) atoms. The maximum Gasteiger partial charge on any atom is 0.354 e. The van der Waals surface area contributed by atoms with Gasteiger partial charge in [-0.05, 0) is 30.7 Å². The number of carboxylic acid groups (broad SMARTS) is 1. The van der Waals surface area contributed by atoms with Crippen LogP contribution in [0.4, 0.5) is 0 Å². The molecule has 0 atom stereocenters. The summed E-state index contributed by atoms with van der Waals surface area (Å²) in [6.07, 6.45) is 0. The van der Waals surface area contributed by atoms with E-state index in [-0.39, 0.29) is 5.69 Å². The van der Waals surface area contributed by atoms with Crippen molar-refractivity contribution >= 4 is 16.9 Å². The normalized spacial score (nSPS) is 10.4. The monoisotopic (exact) mass is 217 g/mol. The predicted molar refractivity (Wildman–Crippen MR) is 60.0 cm³/mol. The Kier molecular flexibility index (Phi) is 2.48. The number of methoxy groups -OCH3 is 1. The Morgan fingerprint density at radius 2 is 2.19 bits per heavy atom. The summed E-state index contributed by atoms with van der Waals surface area (Å²) >= 11 is 0. The zero-order valence-corrected chi connectivity index (χ0v) is 9.02. The highest BCUT2D eigenvalue weighted by Crippen LogP contribution is 2.27. The summed E-state index contributed by atoms with van der Waals surface area (Å²) in [7, 11) is 1.58. The number of ether oxygens (including phenoxy) is 1. The van der Waals surface area contributed by atoms with Crippen molar-refractivity contribution < 1.29 is 14.6 Å². The second kappa shape index (κ2) is 3.81. The molecule has 0 saturated carbocycles. The lowest BCUT2D eigenvalue weighted by Crippen LogP contribution is -2.01. The lowest BCUT2D eigenvalue weighted by Gasteiger charge is -2.08. The minimum atomic E-state index is -1.02. The second-order valence-corrected chi connectivity index (χ2v) is 3.48. The summed E-state index contributed by atoms with van der Waals surface area (Å²) < 4.78 is 5.22. The maximum absolute atomic E-state index is 10.9. The third-order valence-electron chi connectivity index (χ3n) is 2.43. The van der Waals surface area contributed by atoms with E-state index in [0.717, 1.165) is 10.9 Å². The molecule has 1 heterocycles. The fourth-order valence-electron chi connectivity index (χ4n) is 1.73. The minimum Gasteiger partial charge on any atom is -0.496 e. The van der Waals surface area contributed by atoms with Crippen molar-refractivity contribution in [2.75, 3.05) is 7.11 Å². The van der Waals surface area contributed by atoms with Crippen molar-refractivity contribution in [3.63, 3.8) is 0 Å². The zero-order valence-electron chi connectivity index (χ0n) is 9.02. The highest BCUT2D eigenvalue weighted by Gasteiger charge is 2.11. The van der Waals surface area contributed by atoms with E-state index in [0.29, 0.717) is 11.3 Å². The van der Waals surface area contributed by atoms with Crippen LogP contribution >= 0.6 is 0 Å². The molecule has 1 aromatic heterocycles. The van der Waals surface area contributed by atoms with Crippen molar-refractivity contribution in [3.8, 4) is 5.75 Å². The largest absolute Gasteiger partial charge is 0.496 e. The molecule has 0 fully saturated rings. The average Bonchev–Trinajstić information content (AvgIpc) is 2.27. The lowest BCUT2D eigenvalue weighted by molar-refractivity contribution is 0.0691. The van der Waals surface area contributed by atoms with Gasteiger partial charge >= 0.3 is 5.97 Å². The molecule has 1 aromatic carbocycles. The lowest BCUT2D eigenvalue weighted by atomic mass is 10.1. The van der Waals surface area contributed by atoms with Crippen LogP contribution in [0.1, 0.15) is 16.1 Å². The van der Waals surface area contributed by atoms with E-state index in [1.165, 1.54) is 0 Å². The molecule has 1 N–H and O–H groups in total. The number of rotatable bonds is 2. The summed E-state index contributed by atoms with van der Waals surface area (Å²) in [6.45, 7) is 1.85. The first-order chi connectivity index (χ1) is 7.63. The molecule has 0 bridgehead atoms. The van der Waals surface area contributed by atoms with Gasteiger partial charge in [-0.15, -0.1) is 0 Å². The van der Waals surface area contributed by atoms with E-state index in [9.17, 15) is 4.79 Å². The first kappa shape index (κ1) is 10.4. The Labute approximate surface area is 92.5 Å². The standard InChI is InChI=1S/C12H11NO3/c1-7-6-9(12(14)15)13-8-4-3-5-10(16-2)11(7)8/h3-6H,1-2H3,(H,14,15). The third kappa shape index (κ3) is 1.58. The quantitative estimate of drug-likeness (QED) is 0.838. The SMILES string of the molecule is COc1cccc2nc(C(=O)O)cc(C)c12. The number of carboxylic acids is 1. The van der Waals surface area contributed by atoms with Gasteiger partial charge in [-0.2, -0.15) is 0 Å². The van der Waals surface area contributed by atoms with Crippen LogP contribution in [0.25, 0.3) is 10.9 Å². The van der Waals surface area contributed by atoms with E-state index < -0.39 is 5.97 Å². The van der Waals surface area contributed by atoms with Crippen molar-refractivity contribution in [1.82, 2.24) is 4.98 Å². The number of aromatic carboxylic acids is 1. The molecule has 0 aliphatic heterocycles. The Morgan fingerprint density at radius 3 is 2.81 bits per heavy atom. The Bertz CT molecular complexity index is 563. The van der Waals surface area contributed by atoms with Crippen LogP contribution in [0.2, 0.25) is 0 Å². The number of hydrogen-bond acceptors (Lipinski definition) is 3. The number of benzene rings is 1. The van der Waals surface area contributed by atoms with Crippen molar-refractivity contribution in [1.29, 1.82) is 0 Å². The Hall–Kier alpha value is -2.10. The summed E-state index contributed by atoms with van der Waals surface area (Å²) in [5, 5.41) is 9.76. The van der Waals surface area contributed by atoms with E-state index in [2.05, 4.69) is 4.98 Å². The number of pyridine rings is 1.